The largest absolute Gasteiger partial charge is 0.379 e. The predicted molar refractivity (Wildman–Crippen MR) is 134 cm³/mol. The lowest BCUT2D eigenvalue weighted by Crippen LogP contribution is -2.40. The van der Waals surface area contributed by atoms with Crippen LogP contribution in [0.3, 0.4) is 0 Å². The van der Waals surface area contributed by atoms with Gasteiger partial charge < -0.3 is 10.1 Å². The number of hydrogen-bond acceptors (Lipinski definition) is 7. The summed E-state index contributed by atoms with van der Waals surface area (Å²) in [5.41, 5.74) is 0.727. The Hall–Kier alpha value is -1.95. The highest BCUT2D eigenvalue weighted by Gasteiger charge is 2.29. The lowest BCUT2D eigenvalue weighted by Gasteiger charge is -2.26. The first-order valence-corrected chi connectivity index (χ1v) is 15.0. The van der Waals surface area contributed by atoms with Crippen LogP contribution < -0.4 is 5.32 Å². The summed E-state index contributed by atoms with van der Waals surface area (Å²) in [4.78, 5) is 12.6. The van der Waals surface area contributed by atoms with Crippen LogP contribution in [0.25, 0.3) is 11.4 Å². The zero-order valence-electron chi connectivity index (χ0n) is 19.9. The first-order valence-electron chi connectivity index (χ1n) is 12.6. The second-order valence-corrected chi connectivity index (χ2v) is 12.4. The van der Waals surface area contributed by atoms with Crippen LogP contribution >= 0.6 is 11.8 Å². The molecule has 2 saturated carbocycles. The Labute approximate surface area is 211 Å². The van der Waals surface area contributed by atoms with Crippen LogP contribution in [0.1, 0.15) is 57.4 Å². The van der Waals surface area contributed by atoms with Gasteiger partial charge in [0.25, 0.3) is 0 Å². The van der Waals surface area contributed by atoms with Crippen molar-refractivity contribution in [3.8, 4) is 11.4 Å². The maximum atomic E-state index is 13.3. The fraction of sp³-hybridized carbons (Fsp3) is 0.625. The van der Waals surface area contributed by atoms with E-state index >= 15 is 0 Å². The second-order valence-electron chi connectivity index (χ2n) is 9.50. The van der Waals surface area contributed by atoms with Crippen LogP contribution in [0.2, 0.25) is 0 Å². The van der Waals surface area contributed by atoms with Crippen molar-refractivity contribution in [1.29, 1.82) is 0 Å². The molecule has 5 rings (SSSR count). The average Bonchev–Trinajstić information content (AvgIpc) is 3.65. The molecule has 35 heavy (non-hydrogen) atoms. The number of morpholine rings is 1. The zero-order chi connectivity index (χ0) is 24.3. The zero-order valence-corrected chi connectivity index (χ0v) is 21.5. The SMILES string of the molecule is O=C(CSc1nnc(-c2cccc(S(=O)(=O)N3CCOCC3)c2)n1C1CCCCCC1)NC1CC1. The van der Waals surface area contributed by atoms with E-state index in [1.54, 1.807) is 18.2 Å². The van der Waals surface area contributed by atoms with E-state index < -0.39 is 10.0 Å². The van der Waals surface area contributed by atoms with Crippen molar-refractivity contribution in [3.63, 3.8) is 0 Å². The van der Waals surface area contributed by atoms with Gasteiger partial charge in [0.2, 0.25) is 15.9 Å². The third kappa shape index (κ3) is 5.90. The molecule has 3 aliphatic rings. The molecule has 2 heterocycles. The number of thioether (sulfide) groups is 1. The summed E-state index contributed by atoms with van der Waals surface area (Å²) in [7, 11) is -3.62. The summed E-state index contributed by atoms with van der Waals surface area (Å²) in [6.45, 7) is 1.52. The van der Waals surface area contributed by atoms with Crippen molar-refractivity contribution in [2.75, 3.05) is 32.1 Å². The number of nitrogens with zero attached hydrogens (tertiary/aromatic N) is 4. The molecule has 0 radical (unpaired) electrons. The Morgan fingerprint density at radius 3 is 2.51 bits per heavy atom. The monoisotopic (exact) mass is 519 g/mol. The summed E-state index contributed by atoms with van der Waals surface area (Å²) in [6.07, 6.45) is 8.88. The van der Waals surface area contributed by atoms with Gasteiger partial charge in [-0.2, -0.15) is 4.31 Å². The van der Waals surface area contributed by atoms with E-state index in [1.807, 2.05) is 6.07 Å². The molecule has 1 saturated heterocycles. The minimum atomic E-state index is -3.62. The lowest BCUT2D eigenvalue weighted by molar-refractivity contribution is -0.118. The van der Waals surface area contributed by atoms with Gasteiger partial charge in [-0.1, -0.05) is 49.6 Å². The van der Waals surface area contributed by atoms with E-state index in [2.05, 4.69) is 20.1 Å². The van der Waals surface area contributed by atoms with Gasteiger partial charge in [0.05, 0.1) is 23.9 Å². The topological polar surface area (TPSA) is 106 Å². The normalized spacial score (nSPS) is 20.5. The van der Waals surface area contributed by atoms with Gasteiger partial charge >= 0.3 is 0 Å². The summed E-state index contributed by atoms with van der Waals surface area (Å²) in [5.74, 6) is 0.987. The van der Waals surface area contributed by atoms with Crippen molar-refractivity contribution in [3.05, 3.63) is 24.3 Å². The standard InChI is InChI=1S/C24H33N5O4S2/c30-22(25-19-10-11-19)17-34-24-27-26-23(29(24)20-7-3-1-2-4-8-20)18-6-5-9-21(16-18)35(31,32)28-12-14-33-15-13-28/h5-6,9,16,19-20H,1-4,7-8,10-15,17H2,(H,25,30). The average molecular weight is 520 g/mol. The van der Waals surface area contributed by atoms with Gasteiger partial charge in [0, 0.05) is 30.7 Å². The second kappa shape index (κ2) is 11.0. The minimum Gasteiger partial charge on any atom is -0.379 e. The van der Waals surface area contributed by atoms with Crippen LogP contribution in [-0.4, -0.2) is 71.5 Å². The van der Waals surface area contributed by atoms with Gasteiger partial charge in [0.15, 0.2) is 11.0 Å². The molecule has 2 aromatic rings. The van der Waals surface area contributed by atoms with E-state index in [0.717, 1.165) is 49.2 Å². The third-order valence-electron chi connectivity index (χ3n) is 6.83. The molecule has 3 fully saturated rings. The van der Waals surface area contributed by atoms with Gasteiger partial charge in [-0.25, -0.2) is 8.42 Å². The van der Waals surface area contributed by atoms with Crippen molar-refractivity contribution in [2.45, 2.75) is 73.5 Å². The van der Waals surface area contributed by atoms with E-state index in [-0.39, 0.29) is 16.8 Å². The van der Waals surface area contributed by atoms with Crippen molar-refractivity contribution < 1.29 is 17.9 Å². The van der Waals surface area contributed by atoms with Crippen LogP contribution in [0.5, 0.6) is 0 Å². The van der Waals surface area contributed by atoms with Gasteiger partial charge in [-0.3, -0.25) is 9.36 Å². The molecule has 2 aliphatic carbocycles. The summed E-state index contributed by atoms with van der Waals surface area (Å²) >= 11 is 1.41. The number of rotatable bonds is 8. The third-order valence-corrected chi connectivity index (χ3v) is 9.67. The number of carbonyl (C=O) groups is 1. The first kappa shape index (κ1) is 24.7. The van der Waals surface area contributed by atoms with Gasteiger partial charge in [-0.05, 0) is 37.8 Å². The number of carbonyl (C=O) groups excluding carboxylic acids is 1. The van der Waals surface area contributed by atoms with E-state index in [0.29, 0.717) is 43.9 Å². The number of ether oxygens (including phenoxy) is 1. The Bertz CT molecular complexity index is 1130. The maximum absolute atomic E-state index is 13.3. The summed E-state index contributed by atoms with van der Waals surface area (Å²) < 4.78 is 35.5. The molecule has 0 spiro atoms. The number of nitrogens with one attached hydrogen (secondary N) is 1. The fourth-order valence-corrected chi connectivity index (χ4v) is 7.05. The molecule has 1 aliphatic heterocycles. The highest BCUT2D eigenvalue weighted by molar-refractivity contribution is 7.99. The fourth-order valence-electron chi connectivity index (χ4n) is 4.78. The van der Waals surface area contributed by atoms with E-state index in [9.17, 15) is 13.2 Å². The molecular formula is C24H33N5O4S2. The Morgan fingerprint density at radius 1 is 1.06 bits per heavy atom. The molecular weight excluding hydrogens is 486 g/mol. The summed E-state index contributed by atoms with van der Waals surface area (Å²) in [6, 6.07) is 7.56. The molecule has 9 nitrogen and oxygen atoms in total. The number of sulfonamides is 1. The molecule has 11 heteroatoms. The molecule has 0 unspecified atom stereocenters. The first-order chi connectivity index (χ1) is 17.0. The van der Waals surface area contributed by atoms with Crippen molar-refractivity contribution in [2.24, 2.45) is 0 Å². The molecule has 1 amide bonds. The van der Waals surface area contributed by atoms with Crippen molar-refractivity contribution >= 4 is 27.7 Å². The van der Waals surface area contributed by atoms with Gasteiger partial charge in [-0.15, -0.1) is 10.2 Å². The maximum Gasteiger partial charge on any atom is 0.243 e. The molecule has 0 bridgehead atoms. The molecule has 1 N–H and O–H groups in total. The Morgan fingerprint density at radius 2 is 1.80 bits per heavy atom. The van der Waals surface area contributed by atoms with Crippen LogP contribution in [0.4, 0.5) is 0 Å². The number of benzene rings is 1. The number of hydrogen-bond donors (Lipinski definition) is 1. The predicted octanol–water partition coefficient (Wildman–Crippen LogP) is 3.23. The molecule has 0 atom stereocenters. The van der Waals surface area contributed by atoms with E-state index in [1.165, 1.54) is 28.9 Å². The van der Waals surface area contributed by atoms with Crippen LogP contribution in [0, 0.1) is 0 Å². The highest BCUT2D eigenvalue weighted by Crippen LogP contribution is 2.35. The lowest BCUT2D eigenvalue weighted by atomic mass is 10.1. The number of aromatic nitrogens is 3. The van der Waals surface area contributed by atoms with Crippen LogP contribution in [0.15, 0.2) is 34.3 Å². The Balaban J connectivity index is 1.44. The van der Waals surface area contributed by atoms with Crippen LogP contribution in [-0.2, 0) is 19.6 Å². The molecule has 1 aromatic carbocycles. The molecule has 190 valence electrons. The number of amides is 1. The van der Waals surface area contributed by atoms with Crippen molar-refractivity contribution in [1.82, 2.24) is 24.4 Å². The quantitative estimate of drug-likeness (QED) is 0.422. The highest BCUT2D eigenvalue weighted by atomic mass is 32.2. The van der Waals surface area contributed by atoms with E-state index in [4.69, 9.17) is 4.74 Å². The Kier molecular flexibility index (Phi) is 7.76. The van der Waals surface area contributed by atoms with Gasteiger partial charge in [0.1, 0.15) is 0 Å². The smallest absolute Gasteiger partial charge is 0.243 e. The minimum absolute atomic E-state index is 0.0214. The summed E-state index contributed by atoms with van der Waals surface area (Å²) in [5, 5.41) is 12.7. The molecule has 1 aromatic heterocycles.